The average molecular weight is 198 g/mol. The van der Waals surface area contributed by atoms with E-state index in [4.69, 9.17) is 0 Å². The molecule has 2 aliphatic heterocycles. The van der Waals surface area contributed by atoms with Gasteiger partial charge in [-0.15, -0.1) is 0 Å². The van der Waals surface area contributed by atoms with Crippen molar-refractivity contribution in [3.8, 4) is 0 Å². The van der Waals surface area contributed by atoms with Gasteiger partial charge in [-0.25, -0.2) is 0 Å². The van der Waals surface area contributed by atoms with Crippen LogP contribution in [0.2, 0.25) is 0 Å². The molecule has 0 aromatic carbocycles. The summed E-state index contributed by atoms with van der Waals surface area (Å²) in [5.41, 5.74) is 0. The van der Waals surface area contributed by atoms with Crippen molar-refractivity contribution in [1.29, 1.82) is 0 Å². The summed E-state index contributed by atoms with van der Waals surface area (Å²) in [4.78, 5) is 13.6. The highest BCUT2D eigenvalue weighted by Crippen LogP contribution is 2.20. The van der Waals surface area contributed by atoms with E-state index in [1.54, 1.807) is 0 Å². The maximum Gasteiger partial charge on any atom is 0.223 e. The van der Waals surface area contributed by atoms with Gasteiger partial charge in [-0.05, 0) is 32.4 Å². The number of nitrogens with one attached hydrogen (secondary N) is 1. The van der Waals surface area contributed by atoms with E-state index in [1.807, 2.05) is 11.8 Å². The third-order valence-electron chi connectivity index (χ3n) is 3.20. The fourth-order valence-corrected chi connectivity index (χ4v) is 2.21. The molecule has 2 saturated heterocycles. The summed E-state index contributed by atoms with van der Waals surface area (Å²) in [7, 11) is 0. The van der Waals surface area contributed by atoms with Gasteiger partial charge in [-0.3, -0.25) is 4.79 Å². The van der Waals surface area contributed by atoms with Gasteiger partial charge in [0.05, 0.1) is 6.10 Å². The average Bonchev–Trinajstić information content (AvgIpc) is 2.37. The summed E-state index contributed by atoms with van der Waals surface area (Å²) in [6, 6.07) is 0.213. The Labute approximate surface area is 84.3 Å². The number of β-amino-alcohol motifs (C(OH)–C–C–N with tert-alkyl or cyclic N) is 1. The highest BCUT2D eigenvalue weighted by Gasteiger charge is 2.32. The van der Waals surface area contributed by atoms with Gasteiger partial charge in [0.25, 0.3) is 0 Å². The van der Waals surface area contributed by atoms with E-state index in [0.717, 1.165) is 19.5 Å². The van der Waals surface area contributed by atoms with E-state index in [0.29, 0.717) is 18.9 Å². The van der Waals surface area contributed by atoms with Crippen LogP contribution in [0.15, 0.2) is 0 Å². The molecule has 0 spiro atoms. The molecular weight excluding hydrogens is 180 g/mol. The zero-order valence-corrected chi connectivity index (χ0v) is 8.57. The zero-order valence-electron chi connectivity index (χ0n) is 8.57. The van der Waals surface area contributed by atoms with E-state index < -0.39 is 0 Å². The summed E-state index contributed by atoms with van der Waals surface area (Å²) in [6.45, 7) is 4.47. The molecule has 2 rings (SSSR count). The summed E-state index contributed by atoms with van der Waals surface area (Å²) < 4.78 is 0. The molecule has 0 aromatic heterocycles. The van der Waals surface area contributed by atoms with Gasteiger partial charge in [-0.2, -0.15) is 0 Å². The molecule has 2 aliphatic rings. The number of carbonyl (C=O) groups excluding carboxylic acids is 1. The van der Waals surface area contributed by atoms with Crippen molar-refractivity contribution in [3.05, 3.63) is 0 Å². The summed E-state index contributed by atoms with van der Waals surface area (Å²) in [5.74, 6) is 0.730. The smallest absolute Gasteiger partial charge is 0.223 e. The second-order valence-electron chi connectivity index (χ2n) is 4.51. The number of aliphatic hydroxyl groups excluding tert-OH is 1. The predicted octanol–water partition coefficient (Wildman–Crippen LogP) is -0.422. The maximum absolute atomic E-state index is 11.8. The first kappa shape index (κ1) is 9.93. The molecule has 0 saturated carbocycles. The van der Waals surface area contributed by atoms with Crippen LogP contribution in [0.3, 0.4) is 0 Å². The van der Waals surface area contributed by atoms with Crippen molar-refractivity contribution in [1.82, 2.24) is 10.2 Å². The molecule has 2 N–H and O–H groups in total. The molecule has 2 unspecified atom stereocenters. The van der Waals surface area contributed by atoms with Gasteiger partial charge in [0, 0.05) is 19.0 Å². The highest BCUT2D eigenvalue weighted by molar-refractivity contribution is 5.77. The zero-order chi connectivity index (χ0) is 10.1. The van der Waals surface area contributed by atoms with Crippen LogP contribution in [0.1, 0.15) is 19.8 Å². The molecule has 14 heavy (non-hydrogen) atoms. The van der Waals surface area contributed by atoms with Gasteiger partial charge in [-0.1, -0.05) is 0 Å². The molecular formula is C10H18N2O2. The van der Waals surface area contributed by atoms with Crippen molar-refractivity contribution in [2.75, 3.05) is 19.6 Å². The Morgan fingerprint density at radius 3 is 2.71 bits per heavy atom. The minimum absolute atomic E-state index is 0.209. The minimum Gasteiger partial charge on any atom is -0.391 e. The predicted molar refractivity (Wildman–Crippen MR) is 52.8 cm³/mol. The van der Waals surface area contributed by atoms with Gasteiger partial charge < -0.3 is 15.3 Å². The van der Waals surface area contributed by atoms with E-state index in [1.165, 1.54) is 0 Å². The number of amides is 1. The third kappa shape index (κ3) is 1.91. The molecule has 0 bridgehead atoms. The lowest BCUT2D eigenvalue weighted by Gasteiger charge is -2.29. The monoisotopic (exact) mass is 198 g/mol. The fraction of sp³-hybridized carbons (Fsp3) is 0.900. The van der Waals surface area contributed by atoms with E-state index in [-0.39, 0.29) is 18.1 Å². The fourth-order valence-electron chi connectivity index (χ4n) is 2.21. The van der Waals surface area contributed by atoms with Crippen LogP contribution < -0.4 is 5.32 Å². The van der Waals surface area contributed by atoms with Crippen LogP contribution in [-0.2, 0) is 4.79 Å². The van der Waals surface area contributed by atoms with Gasteiger partial charge in [0.2, 0.25) is 5.91 Å². The van der Waals surface area contributed by atoms with Crippen LogP contribution in [0.5, 0.6) is 0 Å². The van der Waals surface area contributed by atoms with Gasteiger partial charge in [0.1, 0.15) is 0 Å². The standard InChI is InChI=1S/C10H18N2O2/c1-7-2-9(13)6-12(7)10(14)3-8-4-11-5-8/h7-9,11,13H,2-6H2,1H3. The SMILES string of the molecule is CC1CC(O)CN1C(=O)CC1CNC1. The highest BCUT2D eigenvalue weighted by atomic mass is 16.3. The van der Waals surface area contributed by atoms with Crippen molar-refractivity contribution < 1.29 is 9.90 Å². The third-order valence-corrected chi connectivity index (χ3v) is 3.20. The molecule has 0 aromatic rings. The topological polar surface area (TPSA) is 52.6 Å². The summed E-state index contributed by atoms with van der Waals surface area (Å²) in [5, 5.41) is 12.6. The van der Waals surface area contributed by atoms with Crippen LogP contribution in [0.25, 0.3) is 0 Å². The Morgan fingerprint density at radius 1 is 1.57 bits per heavy atom. The molecule has 0 radical (unpaired) electrons. The van der Waals surface area contributed by atoms with Crippen molar-refractivity contribution in [2.24, 2.45) is 5.92 Å². The lowest BCUT2D eigenvalue weighted by atomic mass is 9.98. The Bertz CT molecular complexity index is 228. The summed E-state index contributed by atoms with van der Waals surface area (Å²) >= 11 is 0. The number of likely N-dealkylation sites (tertiary alicyclic amines) is 1. The second kappa shape index (κ2) is 3.87. The van der Waals surface area contributed by atoms with Crippen LogP contribution in [0, 0.1) is 5.92 Å². The summed E-state index contributed by atoms with van der Waals surface area (Å²) in [6.07, 6.45) is 1.06. The number of rotatable bonds is 2. The first-order valence-electron chi connectivity index (χ1n) is 5.35. The van der Waals surface area contributed by atoms with E-state index in [9.17, 15) is 9.90 Å². The van der Waals surface area contributed by atoms with Crippen molar-refractivity contribution in [3.63, 3.8) is 0 Å². The number of carbonyl (C=O) groups is 1. The number of hydrogen-bond acceptors (Lipinski definition) is 3. The molecule has 80 valence electrons. The van der Waals surface area contributed by atoms with Crippen LogP contribution in [0.4, 0.5) is 0 Å². The van der Waals surface area contributed by atoms with E-state index >= 15 is 0 Å². The molecule has 2 fully saturated rings. The van der Waals surface area contributed by atoms with Crippen molar-refractivity contribution in [2.45, 2.75) is 31.9 Å². The molecule has 4 heteroatoms. The number of aliphatic hydroxyl groups is 1. The maximum atomic E-state index is 11.8. The molecule has 4 nitrogen and oxygen atoms in total. The number of nitrogens with zero attached hydrogens (tertiary/aromatic N) is 1. The van der Waals surface area contributed by atoms with Gasteiger partial charge in [0.15, 0.2) is 0 Å². The Hall–Kier alpha value is -0.610. The Kier molecular flexibility index (Phi) is 2.74. The van der Waals surface area contributed by atoms with Gasteiger partial charge >= 0.3 is 0 Å². The largest absolute Gasteiger partial charge is 0.391 e. The van der Waals surface area contributed by atoms with Crippen LogP contribution >= 0.6 is 0 Å². The molecule has 0 aliphatic carbocycles. The molecule has 2 heterocycles. The Balaban J connectivity index is 1.84. The first-order chi connectivity index (χ1) is 6.66. The number of hydrogen-bond donors (Lipinski definition) is 2. The van der Waals surface area contributed by atoms with Crippen LogP contribution in [-0.4, -0.2) is 47.7 Å². The Morgan fingerprint density at radius 2 is 2.29 bits per heavy atom. The van der Waals surface area contributed by atoms with Crippen molar-refractivity contribution >= 4 is 5.91 Å². The molecule has 1 amide bonds. The minimum atomic E-state index is -0.312. The second-order valence-corrected chi connectivity index (χ2v) is 4.51. The molecule has 2 atom stereocenters. The lowest BCUT2D eigenvalue weighted by molar-refractivity contribution is -0.133. The quantitative estimate of drug-likeness (QED) is 0.633. The van der Waals surface area contributed by atoms with E-state index in [2.05, 4.69) is 5.32 Å². The normalized spacial score (nSPS) is 33.1. The first-order valence-corrected chi connectivity index (χ1v) is 5.35. The lowest BCUT2D eigenvalue weighted by Crippen LogP contribution is -2.46.